The number of rotatable bonds is 5. The van der Waals surface area contributed by atoms with Crippen molar-refractivity contribution in [3.63, 3.8) is 0 Å². The molecule has 10 radical (unpaired) electrons. The molecule has 2 aliphatic heterocycles. The Morgan fingerprint density at radius 2 is 1.63 bits per heavy atom. The van der Waals surface area contributed by atoms with E-state index >= 15 is 0 Å². The van der Waals surface area contributed by atoms with Gasteiger partial charge in [0.15, 0.2) is 0 Å². The maximum atomic E-state index is 5.97. The van der Waals surface area contributed by atoms with Crippen LogP contribution in [0.25, 0.3) is 10.9 Å². The molecule has 4 aliphatic rings. The zero-order valence-electron chi connectivity index (χ0n) is 21.8. The number of hydrogen-bond acceptors (Lipinski definition) is 6. The monoisotopic (exact) mass is 575 g/mol. The van der Waals surface area contributed by atoms with E-state index in [1.165, 1.54) is 11.8 Å². The molecule has 1 aromatic carbocycles. The van der Waals surface area contributed by atoms with Crippen LogP contribution < -0.4 is 5.32 Å². The minimum atomic E-state index is -0.516. The Morgan fingerprint density at radius 3 is 2.29 bits per heavy atom. The molecule has 2 saturated carbocycles. The Labute approximate surface area is 243 Å². The standard InChI is InChI=1S/C15H12ClN2.C15H22NO3.Fe/c16-12-5-6-13-14(7-8-17-15(13)9-12)18-10-11-3-1-2-4-11;1-14(2)12-17-15(19-18-14)7-9-16(10-8-15)11-13-5-3-4-6-13;/h1-9H,10H2,(H,17,18);3-6H,7-12H2,1-2H3;/q;;+2. The predicted octanol–water partition coefficient (Wildman–Crippen LogP) is 5.64. The Bertz CT molecular complexity index is 1010. The van der Waals surface area contributed by atoms with Crippen molar-refractivity contribution >= 4 is 28.2 Å². The van der Waals surface area contributed by atoms with Crippen molar-refractivity contribution in [2.24, 2.45) is 0 Å². The molecule has 0 atom stereocenters. The third-order valence-corrected chi connectivity index (χ3v) is 7.01. The summed E-state index contributed by atoms with van der Waals surface area (Å²) in [6, 6.07) is 7.75. The summed E-state index contributed by atoms with van der Waals surface area (Å²) in [6.07, 6.45) is 20.3. The first-order valence-electron chi connectivity index (χ1n) is 12.8. The third kappa shape index (κ3) is 8.06. The van der Waals surface area contributed by atoms with Gasteiger partial charge in [-0.05, 0) is 95.4 Å². The first-order valence-corrected chi connectivity index (χ1v) is 13.2. The van der Waals surface area contributed by atoms with Crippen LogP contribution in [-0.2, 0) is 31.6 Å². The molecular formula is C30H34ClFeN3O3+2. The van der Waals surface area contributed by atoms with E-state index in [-0.39, 0.29) is 22.7 Å². The maximum Gasteiger partial charge on any atom is 2.00 e. The number of likely N-dealkylation sites (tertiary alicyclic amines) is 1. The molecule has 38 heavy (non-hydrogen) atoms. The van der Waals surface area contributed by atoms with E-state index in [1.807, 2.05) is 51.0 Å². The molecule has 2 aromatic rings. The molecule has 0 bridgehead atoms. The number of aromatic nitrogens is 1. The van der Waals surface area contributed by atoms with Gasteiger partial charge in [-0.1, -0.05) is 11.6 Å². The van der Waals surface area contributed by atoms with Gasteiger partial charge in [-0.2, -0.15) is 0 Å². The van der Waals surface area contributed by atoms with Gasteiger partial charge in [0.05, 0.1) is 12.1 Å². The molecular weight excluding hydrogens is 542 g/mol. The number of halogens is 1. The number of benzene rings is 1. The SMILES string of the molecule is CC1(C)COC2(CCN(C[C]3[CH][CH][CH][CH]3)CC2)OO1.Clc1ccc2c(NC[C]3[CH][CH][CH][CH]3)ccnc2c1.[Fe+2]. The fourth-order valence-corrected chi connectivity index (χ4v) is 4.77. The molecule has 3 heterocycles. The first-order chi connectivity index (χ1) is 17.9. The van der Waals surface area contributed by atoms with Gasteiger partial charge in [0.1, 0.15) is 5.60 Å². The van der Waals surface area contributed by atoms with E-state index in [1.54, 1.807) is 6.20 Å². The van der Waals surface area contributed by atoms with Gasteiger partial charge in [-0.15, -0.1) is 0 Å². The van der Waals surface area contributed by atoms with Crippen LogP contribution in [0.5, 0.6) is 0 Å². The summed E-state index contributed by atoms with van der Waals surface area (Å²) in [5.74, 6) is 2.13. The molecule has 200 valence electrons. The number of pyridine rings is 1. The van der Waals surface area contributed by atoms with Crippen LogP contribution in [0.2, 0.25) is 5.02 Å². The van der Waals surface area contributed by atoms with Gasteiger partial charge in [-0.25, -0.2) is 9.78 Å². The van der Waals surface area contributed by atoms with Gasteiger partial charge in [0.2, 0.25) is 5.79 Å². The molecule has 8 heteroatoms. The summed E-state index contributed by atoms with van der Waals surface area (Å²) in [5.41, 5.74) is 1.66. The molecule has 2 saturated heterocycles. The van der Waals surface area contributed by atoms with Crippen molar-refractivity contribution in [3.8, 4) is 0 Å². The average Bonchev–Trinajstić information content (AvgIpc) is 3.61. The van der Waals surface area contributed by atoms with Crippen LogP contribution >= 0.6 is 11.6 Å². The zero-order valence-corrected chi connectivity index (χ0v) is 23.7. The number of fused-ring (bicyclic) bond motifs is 1. The first kappa shape index (κ1) is 30.0. The van der Waals surface area contributed by atoms with Crippen molar-refractivity contribution in [3.05, 3.63) is 98.7 Å². The molecule has 4 fully saturated rings. The Balaban J connectivity index is 0.000000173. The van der Waals surface area contributed by atoms with Crippen LogP contribution in [0.4, 0.5) is 5.69 Å². The topological polar surface area (TPSA) is 55.9 Å². The quantitative estimate of drug-likeness (QED) is 0.368. The van der Waals surface area contributed by atoms with E-state index in [9.17, 15) is 0 Å². The fraction of sp³-hybridized carbons (Fsp3) is 0.367. The predicted molar refractivity (Wildman–Crippen MR) is 147 cm³/mol. The third-order valence-electron chi connectivity index (χ3n) is 6.78. The molecule has 0 amide bonds. The van der Waals surface area contributed by atoms with Gasteiger partial charge in [0, 0.05) is 67.2 Å². The van der Waals surface area contributed by atoms with Gasteiger partial charge in [0.25, 0.3) is 0 Å². The molecule has 2 aliphatic carbocycles. The van der Waals surface area contributed by atoms with Crippen LogP contribution in [0.15, 0.2) is 30.5 Å². The number of nitrogens with one attached hydrogen (secondary N) is 1. The summed E-state index contributed by atoms with van der Waals surface area (Å²) in [7, 11) is 0. The number of hydrogen-bond donors (Lipinski definition) is 1. The minimum absolute atomic E-state index is 0. The molecule has 6 nitrogen and oxygen atoms in total. The van der Waals surface area contributed by atoms with Crippen LogP contribution in [0.3, 0.4) is 0 Å². The molecule has 1 aromatic heterocycles. The van der Waals surface area contributed by atoms with Crippen molar-refractivity contribution < 1.29 is 31.6 Å². The zero-order chi connectivity index (χ0) is 25.7. The van der Waals surface area contributed by atoms with Gasteiger partial charge >= 0.3 is 17.1 Å². The second-order valence-electron chi connectivity index (χ2n) is 10.4. The van der Waals surface area contributed by atoms with Crippen molar-refractivity contribution in [2.45, 2.75) is 38.1 Å². The summed E-state index contributed by atoms with van der Waals surface area (Å²) in [4.78, 5) is 17.8. The van der Waals surface area contributed by atoms with Crippen molar-refractivity contribution in [1.82, 2.24) is 9.88 Å². The Hall–Kier alpha value is -0.921. The van der Waals surface area contributed by atoms with Crippen LogP contribution in [0, 0.1) is 63.2 Å². The summed E-state index contributed by atoms with van der Waals surface area (Å²) in [5, 5.41) is 5.23. The number of anilines is 1. The molecule has 1 N–H and O–H groups in total. The second-order valence-corrected chi connectivity index (χ2v) is 10.8. The minimum Gasteiger partial charge on any atom is -0.384 e. The van der Waals surface area contributed by atoms with E-state index in [4.69, 9.17) is 26.1 Å². The van der Waals surface area contributed by atoms with E-state index in [0.717, 1.165) is 55.6 Å². The number of ether oxygens (including phenoxy) is 1. The molecule has 0 unspecified atom stereocenters. The molecule has 6 rings (SSSR count). The fourth-order valence-electron chi connectivity index (χ4n) is 4.60. The Kier molecular flexibility index (Phi) is 10.8. The largest absolute Gasteiger partial charge is 2.00 e. The normalized spacial score (nSPS) is 23.7. The number of piperidine rings is 1. The average molecular weight is 576 g/mol. The summed E-state index contributed by atoms with van der Waals surface area (Å²) < 4.78 is 5.93. The van der Waals surface area contributed by atoms with E-state index in [2.05, 4.69) is 53.7 Å². The van der Waals surface area contributed by atoms with E-state index < -0.39 is 5.79 Å². The van der Waals surface area contributed by atoms with Crippen molar-refractivity contribution in [1.29, 1.82) is 0 Å². The number of nitrogens with zero attached hydrogens (tertiary/aromatic N) is 2. The van der Waals surface area contributed by atoms with Crippen LogP contribution in [0.1, 0.15) is 26.7 Å². The van der Waals surface area contributed by atoms with Gasteiger partial charge < -0.3 is 15.0 Å². The van der Waals surface area contributed by atoms with Crippen molar-refractivity contribution in [2.75, 3.05) is 38.1 Å². The van der Waals surface area contributed by atoms with Gasteiger partial charge in [-0.3, -0.25) is 4.98 Å². The summed E-state index contributed by atoms with van der Waals surface area (Å²) in [6.45, 7) is 8.33. The Morgan fingerprint density at radius 1 is 0.947 bits per heavy atom. The molecule has 1 spiro atoms. The van der Waals surface area contributed by atoms with Crippen LogP contribution in [-0.4, -0.2) is 54.1 Å². The maximum absolute atomic E-state index is 5.97. The second kappa shape index (κ2) is 13.6. The smallest absolute Gasteiger partial charge is 0.384 e. The van der Waals surface area contributed by atoms with E-state index in [0.29, 0.717) is 11.6 Å². The summed E-state index contributed by atoms with van der Waals surface area (Å²) >= 11 is 5.97.